The highest BCUT2D eigenvalue weighted by Gasteiger charge is 2.13. The number of rotatable bonds is 8. The first-order chi connectivity index (χ1) is 12.5. The van der Waals surface area contributed by atoms with Crippen molar-refractivity contribution in [3.8, 4) is 5.75 Å². The highest BCUT2D eigenvalue weighted by Crippen LogP contribution is 2.17. The smallest absolute Gasteiger partial charge is 0.255 e. The van der Waals surface area contributed by atoms with Crippen LogP contribution in [0, 0.1) is 0 Å². The van der Waals surface area contributed by atoms with Crippen LogP contribution in [0.3, 0.4) is 0 Å². The predicted octanol–water partition coefficient (Wildman–Crippen LogP) is 2.25. The third-order valence-electron chi connectivity index (χ3n) is 3.52. The molecule has 0 spiro atoms. The molecule has 26 heavy (non-hydrogen) atoms. The van der Waals surface area contributed by atoms with E-state index < -0.39 is 6.04 Å². The highest BCUT2D eigenvalue weighted by atomic mass is 16.5. The monoisotopic (exact) mass is 357 g/mol. The Morgan fingerprint density at radius 3 is 2.15 bits per heavy atom. The number of hydrogen-bond donors (Lipinski definition) is 3. The molecule has 1 atom stereocenters. The minimum Gasteiger partial charge on any atom is -0.494 e. The van der Waals surface area contributed by atoms with Gasteiger partial charge in [-0.1, -0.05) is 0 Å². The van der Waals surface area contributed by atoms with Crippen molar-refractivity contribution in [2.45, 2.75) is 13.0 Å². The van der Waals surface area contributed by atoms with Crippen LogP contribution in [0.25, 0.3) is 0 Å². The minimum absolute atomic E-state index is 0.133. The molecule has 2 aromatic rings. The van der Waals surface area contributed by atoms with E-state index in [-0.39, 0.29) is 18.4 Å². The number of anilines is 2. The standard InChI is InChI=1S/C19H23N3O4/c1-3-26-16-10-8-15(9-11-16)21-18(23)13-4-6-14(7-5-13)22-19(24)17(20)12-25-2/h4-11,17H,3,12,20H2,1-2H3,(H,21,23)(H,22,24). The Hall–Kier alpha value is -2.90. The summed E-state index contributed by atoms with van der Waals surface area (Å²) in [5, 5.41) is 5.48. The molecular weight excluding hydrogens is 334 g/mol. The molecule has 7 nitrogen and oxygen atoms in total. The Bertz CT molecular complexity index is 729. The Balaban J connectivity index is 1.94. The normalized spacial score (nSPS) is 11.5. The molecule has 0 radical (unpaired) electrons. The lowest BCUT2D eigenvalue weighted by molar-refractivity contribution is -0.118. The van der Waals surface area contributed by atoms with E-state index in [1.54, 1.807) is 48.5 Å². The molecule has 2 rings (SSSR count). The number of carbonyl (C=O) groups is 2. The van der Waals surface area contributed by atoms with Gasteiger partial charge in [-0.3, -0.25) is 9.59 Å². The van der Waals surface area contributed by atoms with Crippen molar-refractivity contribution in [3.05, 3.63) is 54.1 Å². The van der Waals surface area contributed by atoms with E-state index in [2.05, 4.69) is 10.6 Å². The second-order valence-corrected chi connectivity index (χ2v) is 5.54. The number of hydrogen-bond acceptors (Lipinski definition) is 5. The van der Waals surface area contributed by atoms with Crippen molar-refractivity contribution in [2.24, 2.45) is 5.73 Å². The van der Waals surface area contributed by atoms with Gasteiger partial charge in [0.25, 0.3) is 5.91 Å². The molecule has 0 saturated heterocycles. The first-order valence-corrected chi connectivity index (χ1v) is 8.23. The van der Waals surface area contributed by atoms with Gasteiger partial charge in [0, 0.05) is 24.0 Å². The third kappa shape index (κ3) is 5.58. The van der Waals surface area contributed by atoms with Crippen molar-refractivity contribution >= 4 is 23.2 Å². The van der Waals surface area contributed by atoms with Gasteiger partial charge in [0.05, 0.1) is 13.2 Å². The molecule has 2 amide bonds. The molecule has 0 aliphatic carbocycles. The third-order valence-corrected chi connectivity index (χ3v) is 3.52. The number of benzene rings is 2. The average Bonchev–Trinajstić information content (AvgIpc) is 2.64. The van der Waals surface area contributed by atoms with Gasteiger partial charge in [0.15, 0.2) is 0 Å². The van der Waals surface area contributed by atoms with Crippen LogP contribution in [0.4, 0.5) is 11.4 Å². The zero-order valence-electron chi connectivity index (χ0n) is 14.8. The van der Waals surface area contributed by atoms with Gasteiger partial charge in [0.1, 0.15) is 11.8 Å². The van der Waals surface area contributed by atoms with Crippen LogP contribution in [0.15, 0.2) is 48.5 Å². The van der Waals surface area contributed by atoms with Crippen molar-refractivity contribution in [2.75, 3.05) is 31.0 Å². The van der Waals surface area contributed by atoms with Crippen molar-refractivity contribution in [1.82, 2.24) is 0 Å². The Kier molecular flexibility index (Phi) is 7.13. The van der Waals surface area contributed by atoms with Crippen LogP contribution in [-0.2, 0) is 9.53 Å². The fourth-order valence-electron chi connectivity index (χ4n) is 2.20. The summed E-state index contributed by atoms with van der Waals surface area (Å²) < 4.78 is 10.2. The van der Waals surface area contributed by atoms with Gasteiger partial charge in [-0.05, 0) is 55.5 Å². The summed E-state index contributed by atoms with van der Waals surface area (Å²) in [7, 11) is 1.48. The minimum atomic E-state index is -0.748. The van der Waals surface area contributed by atoms with E-state index in [0.717, 1.165) is 5.75 Å². The number of ether oxygens (including phenoxy) is 2. The molecule has 0 aromatic heterocycles. The van der Waals surface area contributed by atoms with E-state index in [1.807, 2.05) is 6.92 Å². The molecule has 7 heteroatoms. The van der Waals surface area contributed by atoms with Gasteiger partial charge in [-0.25, -0.2) is 0 Å². The molecule has 4 N–H and O–H groups in total. The van der Waals surface area contributed by atoms with Crippen LogP contribution in [0.1, 0.15) is 17.3 Å². The van der Waals surface area contributed by atoms with E-state index in [1.165, 1.54) is 7.11 Å². The molecule has 138 valence electrons. The predicted molar refractivity (Wildman–Crippen MR) is 100 cm³/mol. The molecule has 0 aliphatic heterocycles. The summed E-state index contributed by atoms with van der Waals surface area (Å²) in [5.41, 5.74) is 7.35. The van der Waals surface area contributed by atoms with Crippen molar-refractivity contribution in [3.63, 3.8) is 0 Å². The van der Waals surface area contributed by atoms with Crippen molar-refractivity contribution in [1.29, 1.82) is 0 Å². The summed E-state index contributed by atoms with van der Waals surface area (Å²) in [4.78, 5) is 24.1. The zero-order chi connectivity index (χ0) is 18.9. The molecule has 2 aromatic carbocycles. The zero-order valence-corrected chi connectivity index (χ0v) is 14.8. The molecule has 0 aliphatic rings. The van der Waals surface area contributed by atoms with Gasteiger partial charge < -0.3 is 25.8 Å². The van der Waals surface area contributed by atoms with E-state index in [0.29, 0.717) is 23.5 Å². The molecule has 0 saturated carbocycles. The fourth-order valence-corrected chi connectivity index (χ4v) is 2.20. The van der Waals surface area contributed by atoms with Crippen LogP contribution >= 0.6 is 0 Å². The fraction of sp³-hybridized carbons (Fsp3) is 0.263. The largest absolute Gasteiger partial charge is 0.494 e. The lowest BCUT2D eigenvalue weighted by Gasteiger charge is -2.11. The first kappa shape index (κ1) is 19.4. The molecular formula is C19H23N3O4. The summed E-state index contributed by atoms with van der Waals surface area (Å²) in [6.07, 6.45) is 0. The number of methoxy groups -OCH3 is 1. The van der Waals surface area contributed by atoms with Crippen LogP contribution in [0.5, 0.6) is 5.75 Å². The van der Waals surface area contributed by atoms with Gasteiger partial charge in [-0.15, -0.1) is 0 Å². The molecule has 0 heterocycles. The summed E-state index contributed by atoms with van der Waals surface area (Å²) in [6, 6.07) is 12.9. The number of nitrogens with one attached hydrogen (secondary N) is 2. The highest BCUT2D eigenvalue weighted by molar-refractivity contribution is 6.04. The van der Waals surface area contributed by atoms with Crippen molar-refractivity contribution < 1.29 is 19.1 Å². The van der Waals surface area contributed by atoms with Gasteiger partial charge >= 0.3 is 0 Å². The van der Waals surface area contributed by atoms with E-state index >= 15 is 0 Å². The van der Waals surface area contributed by atoms with Crippen LogP contribution in [-0.4, -0.2) is 38.2 Å². The Morgan fingerprint density at radius 1 is 1.00 bits per heavy atom. The number of amides is 2. The number of nitrogens with two attached hydrogens (primary N) is 1. The topological polar surface area (TPSA) is 103 Å². The second kappa shape index (κ2) is 9.55. The second-order valence-electron chi connectivity index (χ2n) is 5.54. The van der Waals surface area contributed by atoms with Gasteiger partial charge in [0.2, 0.25) is 5.91 Å². The summed E-state index contributed by atoms with van der Waals surface area (Å²) in [5.74, 6) is 0.152. The molecule has 0 fully saturated rings. The summed E-state index contributed by atoms with van der Waals surface area (Å²) in [6.45, 7) is 2.63. The van der Waals surface area contributed by atoms with E-state index in [4.69, 9.17) is 15.2 Å². The maximum atomic E-state index is 12.3. The molecule has 0 bridgehead atoms. The van der Waals surface area contributed by atoms with Gasteiger partial charge in [-0.2, -0.15) is 0 Å². The Labute approximate surface area is 152 Å². The molecule has 1 unspecified atom stereocenters. The average molecular weight is 357 g/mol. The Morgan fingerprint density at radius 2 is 1.58 bits per heavy atom. The quantitative estimate of drug-likeness (QED) is 0.672. The van der Waals surface area contributed by atoms with Crippen LogP contribution in [0.2, 0.25) is 0 Å². The SMILES string of the molecule is CCOc1ccc(NC(=O)c2ccc(NC(=O)C(N)COC)cc2)cc1. The maximum Gasteiger partial charge on any atom is 0.255 e. The summed E-state index contributed by atoms with van der Waals surface area (Å²) >= 11 is 0. The van der Waals surface area contributed by atoms with E-state index in [9.17, 15) is 9.59 Å². The lowest BCUT2D eigenvalue weighted by Crippen LogP contribution is -2.39. The first-order valence-electron chi connectivity index (χ1n) is 8.23. The number of carbonyl (C=O) groups excluding carboxylic acids is 2. The van der Waals surface area contributed by atoms with Crippen LogP contribution < -0.4 is 21.1 Å². The lowest BCUT2D eigenvalue weighted by atomic mass is 10.1. The maximum absolute atomic E-state index is 12.3.